The number of hydrogen-bond donors (Lipinski definition) is 0. The molecule has 2 aliphatic rings. The van der Waals surface area contributed by atoms with Crippen LogP contribution in [0.4, 0.5) is 0 Å². The van der Waals surface area contributed by atoms with Crippen molar-refractivity contribution in [3.63, 3.8) is 0 Å². The quantitative estimate of drug-likeness (QED) is 0.156. The molecule has 0 radical (unpaired) electrons. The van der Waals surface area contributed by atoms with Gasteiger partial charge < -0.3 is 0 Å². The summed E-state index contributed by atoms with van der Waals surface area (Å²) in [5.41, 5.74) is 17.9. The van der Waals surface area contributed by atoms with Crippen molar-refractivity contribution in [1.29, 1.82) is 0 Å². The molecule has 63 heavy (non-hydrogen) atoms. The van der Waals surface area contributed by atoms with Gasteiger partial charge in [-0.25, -0.2) is 0 Å². The maximum absolute atomic E-state index is 2.56. The monoisotopic (exact) mass is 794 g/mol. The second-order valence-corrected chi connectivity index (χ2v) is 17.4. The Morgan fingerprint density at radius 2 is 0.635 bits per heavy atom. The lowest BCUT2D eigenvalue weighted by Crippen LogP contribution is -2.26. The molecule has 0 fully saturated rings. The summed E-state index contributed by atoms with van der Waals surface area (Å²) in [6, 6.07) is 86.6. The van der Waals surface area contributed by atoms with Gasteiger partial charge in [0.25, 0.3) is 0 Å². The van der Waals surface area contributed by atoms with Crippen molar-refractivity contribution < 1.29 is 0 Å². The van der Waals surface area contributed by atoms with Crippen LogP contribution in [0.2, 0.25) is 0 Å². The molecule has 12 aromatic carbocycles. The van der Waals surface area contributed by atoms with E-state index in [2.05, 4.69) is 231 Å². The lowest BCUT2D eigenvalue weighted by atomic mass is 9.70. The molecule has 1 spiro atoms. The highest BCUT2D eigenvalue weighted by atomic mass is 14.5. The summed E-state index contributed by atoms with van der Waals surface area (Å²) in [5.74, 6) is 0. The molecule has 0 saturated carbocycles. The standard InChI is InChI=1S/C63H38/c1-2-17-43-37-44(34-29-39(43)15-1)60-52-25-9-7-23-50(52)59(51-24-8-10-26-53(51)60)42-32-30-41(31-33-42)54-38-58-62(49-22-6-5-19-46(49)54)61-45-18-4-3-16-40(45)35-36-57(61)63(58)55-27-13-11-20-47(55)48-21-12-14-28-56(48)63/h1-38H. The smallest absolute Gasteiger partial charge is 0.0619 e. The van der Waals surface area contributed by atoms with Crippen LogP contribution in [0.5, 0.6) is 0 Å². The number of fused-ring (bicyclic) bond motifs is 17. The molecule has 0 aromatic heterocycles. The van der Waals surface area contributed by atoms with Crippen LogP contribution < -0.4 is 0 Å². The average Bonchev–Trinajstić information content (AvgIpc) is 3.83. The van der Waals surface area contributed by atoms with E-state index in [1.807, 2.05) is 0 Å². The molecule has 0 nitrogen and oxygen atoms in total. The first-order valence-electron chi connectivity index (χ1n) is 22.1. The third kappa shape index (κ3) is 4.65. The molecule has 0 bridgehead atoms. The lowest BCUT2D eigenvalue weighted by molar-refractivity contribution is 0.795. The fraction of sp³-hybridized carbons (Fsp3) is 0.0159. The molecule has 0 unspecified atom stereocenters. The molecule has 0 N–H and O–H groups in total. The van der Waals surface area contributed by atoms with Crippen molar-refractivity contribution in [2.75, 3.05) is 0 Å². The fourth-order valence-corrected chi connectivity index (χ4v) is 11.9. The van der Waals surface area contributed by atoms with E-state index in [1.165, 1.54) is 132 Å². The van der Waals surface area contributed by atoms with E-state index < -0.39 is 5.41 Å². The molecule has 0 aliphatic heterocycles. The Bertz CT molecular complexity index is 3800. The third-order valence-corrected chi connectivity index (χ3v) is 14.4. The van der Waals surface area contributed by atoms with E-state index in [-0.39, 0.29) is 0 Å². The molecule has 14 rings (SSSR count). The van der Waals surface area contributed by atoms with Crippen LogP contribution in [0.3, 0.4) is 0 Å². The maximum atomic E-state index is 2.56. The van der Waals surface area contributed by atoms with Crippen molar-refractivity contribution in [3.8, 4) is 55.6 Å². The minimum Gasteiger partial charge on any atom is -0.0619 e. The van der Waals surface area contributed by atoms with Gasteiger partial charge in [0.05, 0.1) is 5.41 Å². The van der Waals surface area contributed by atoms with Gasteiger partial charge in [0.2, 0.25) is 0 Å². The van der Waals surface area contributed by atoms with Crippen LogP contribution >= 0.6 is 0 Å². The Balaban J connectivity index is 1.01. The van der Waals surface area contributed by atoms with Gasteiger partial charge in [0.1, 0.15) is 0 Å². The zero-order chi connectivity index (χ0) is 41.2. The summed E-state index contributed by atoms with van der Waals surface area (Å²) < 4.78 is 0. The number of hydrogen-bond acceptors (Lipinski definition) is 0. The van der Waals surface area contributed by atoms with Crippen LogP contribution in [-0.2, 0) is 5.41 Å². The molecule has 0 amide bonds. The zero-order valence-electron chi connectivity index (χ0n) is 34.4. The van der Waals surface area contributed by atoms with Crippen molar-refractivity contribution >= 4 is 53.9 Å². The Hall–Kier alpha value is -8.06. The normalized spacial score (nSPS) is 13.2. The summed E-state index contributed by atoms with van der Waals surface area (Å²) in [6.07, 6.45) is 0. The summed E-state index contributed by atoms with van der Waals surface area (Å²) in [6.45, 7) is 0. The molecular formula is C63H38. The lowest BCUT2D eigenvalue weighted by Gasteiger charge is -2.31. The summed E-state index contributed by atoms with van der Waals surface area (Å²) >= 11 is 0. The molecule has 290 valence electrons. The molecule has 0 heterocycles. The van der Waals surface area contributed by atoms with Crippen molar-refractivity contribution in [3.05, 3.63) is 253 Å². The van der Waals surface area contributed by atoms with Crippen molar-refractivity contribution in [2.45, 2.75) is 5.41 Å². The molecule has 2 aliphatic carbocycles. The average molecular weight is 795 g/mol. The first kappa shape index (κ1) is 34.6. The minimum absolute atomic E-state index is 0.453. The summed E-state index contributed by atoms with van der Waals surface area (Å²) in [5, 5.41) is 12.7. The number of benzene rings is 12. The maximum Gasteiger partial charge on any atom is 0.0726 e. The minimum atomic E-state index is -0.453. The van der Waals surface area contributed by atoms with Gasteiger partial charge in [0.15, 0.2) is 0 Å². The predicted octanol–water partition coefficient (Wildman–Crippen LogP) is 16.8. The van der Waals surface area contributed by atoms with E-state index in [4.69, 9.17) is 0 Å². The molecular weight excluding hydrogens is 757 g/mol. The van der Waals surface area contributed by atoms with Crippen LogP contribution in [0.15, 0.2) is 231 Å². The van der Waals surface area contributed by atoms with E-state index in [0.717, 1.165) is 0 Å². The van der Waals surface area contributed by atoms with E-state index in [0.29, 0.717) is 0 Å². The first-order valence-corrected chi connectivity index (χ1v) is 22.1. The fourth-order valence-electron chi connectivity index (χ4n) is 11.9. The predicted molar refractivity (Wildman–Crippen MR) is 267 cm³/mol. The second-order valence-electron chi connectivity index (χ2n) is 17.4. The SMILES string of the molecule is c1ccc2c(c1)-c1ccccc1C21c2ccc3ccccc3c2-c2c1cc(-c1ccc(-c3c4ccccc4c(-c4ccc5ccccc5c4)c4ccccc34)cc1)c1ccccc21. The Labute approximate surface area is 366 Å². The van der Waals surface area contributed by atoms with Crippen molar-refractivity contribution in [1.82, 2.24) is 0 Å². The Morgan fingerprint density at radius 3 is 1.27 bits per heavy atom. The van der Waals surface area contributed by atoms with Gasteiger partial charge >= 0.3 is 0 Å². The topological polar surface area (TPSA) is 0 Å². The van der Waals surface area contributed by atoms with E-state index in [9.17, 15) is 0 Å². The highest BCUT2D eigenvalue weighted by molar-refractivity contribution is 6.22. The highest BCUT2D eigenvalue weighted by Gasteiger charge is 2.52. The Kier molecular flexibility index (Phi) is 7.13. The van der Waals surface area contributed by atoms with Gasteiger partial charge in [-0.3, -0.25) is 0 Å². The molecule has 12 aromatic rings. The number of rotatable bonds is 3. The van der Waals surface area contributed by atoms with E-state index in [1.54, 1.807) is 0 Å². The van der Waals surface area contributed by atoms with Crippen LogP contribution in [0.25, 0.3) is 109 Å². The Morgan fingerprint density at radius 1 is 0.206 bits per heavy atom. The van der Waals surface area contributed by atoms with Gasteiger partial charge in [-0.2, -0.15) is 0 Å². The van der Waals surface area contributed by atoms with Crippen molar-refractivity contribution in [2.24, 2.45) is 0 Å². The van der Waals surface area contributed by atoms with Crippen LogP contribution in [-0.4, -0.2) is 0 Å². The van der Waals surface area contributed by atoms with E-state index >= 15 is 0 Å². The van der Waals surface area contributed by atoms with Crippen LogP contribution in [0, 0.1) is 0 Å². The van der Waals surface area contributed by atoms with Gasteiger partial charge in [-0.1, -0.05) is 218 Å². The first-order chi connectivity index (χ1) is 31.3. The molecule has 0 atom stereocenters. The molecule has 0 heteroatoms. The van der Waals surface area contributed by atoms with Crippen LogP contribution in [0.1, 0.15) is 22.3 Å². The summed E-state index contributed by atoms with van der Waals surface area (Å²) in [7, 11) is 0. The van der Waals surface area contributed by atoms with Gasteiger partial charge in [0, 0.05) is 0 Å². The highest BCUT2D eigenvalue weighted by Crippen LogP contribution is 2.65. The summed E-state index contributed by atoms with van der Waals surface area (Å²) in [4.78, 5) is 0. The third-order valence-electron chi connectivity index (χ3n) is 14.4. The van der Waals surface area contributed by atoms with Gasteiger partial charge in [-0.15, -0.1) is 0 Å². The van der Waals surface area contributed by atoms with Gasteiger partial charge in [-0.05, 0) is 144 Å². The second kappa shape index (κ2) is 13.0. The largest absolute Gasteiger partial charge is 0.0726 e. The molecule has 0 saturated heterocycles. The zero-order valence-corrected chi connectivity index (χ0v) is 34.4.